The van der Waals surface area contributed by atoms with Gasteiger partial charge in [-0.25, -0.2) is 9.97 Å². The Morgan fingerprint density at radius 1 is 1.11 bits per heavy atom. The summed E-state index contributed by atoms with van der Waals surface area (Å²) in [6.07, 6.45) is 0. The Morgan fingerprint density at radius 2 is 1.68 bits per heavy atom. The molecule has 0 radical (unpaired) electrons. The van der Waals surface area contributed by atoms with Crippen molar-refractivity contribution in [1.29, 1.82) is 5.26 Å². The number of aryl methyl sites for hydroxylation is 2. The van der Waals surface area contributed by atoms with E-state index < -0.39 is 0 Å². The molecule has 0 saturated carbocycles. The third-order valence-electron chi connectivity index (χ3n) is 2.95. The molecule has 0 N–H and O–H groups in total. The highest BCUT2D eigenvalue weighted by Gasteiger charge is 2.13. The topological polar surface area (TPSA) is 52.8 Å². The molecule has 0 aliphatic heterocycles. The molecule has 2 rings (SSSR count). The molecule has 1 aromatic heterocycles. The monoisotopic (exact) mass is 272 g/mol. The van der Waals surface area contributed by atoms with Gasteiger partial charge >= 0.3 is 0 Å². The van der Waals surface area contributed by atoms with Crippen molar-refractivity contribution in [3.63, 3.8) is 0 Å². The van der Waals surface area contributed by atoms with Gasteiger partial charge in [-0.15, -0.1) is 0 Å². The summed E-state index contributed by atoms with van der Waals surface area (Å²) in [5, 5.41) is 9.16. The summed E-state index contributed by atoms with van der Waals surface area (Å²) in [7, 11) is 1.87. The Hall–Kier alpha value is -2.12. The van der Waals surface area contributed by atoms with Crippen LogP contribution in [0.2, 0.25) is 5.15 Å². The maximum Gasteiger partial charge on any atom is 0.172 e. The first-order valence-electron chi connectivity index (χ1n) is 5.77. The molecule has 5 heteroatoms. The van der Waals surface area contributed by atoms with Crippen LogP contribution in [0.5, 0.6) is 0 Å². The van der Waals surface area contributed by atoms with E-state index in [0.29, 0.717) is 16.5 Å². The summed E-state index contributed by atoms with van der Waals surface area (Å²) in [4.78, 5) is 10.6. The van der Waals surface area contributed by atoms with Gasteiger partial charge in [-0.3, -0.25) is 0 Å². The molecule has 4 nitrogen and oxygen atoms in total. The number of anilines is 2. The first kappa shape index (κ1) is 13.3. The second-order valence-electron chi connectivity index (χ2n) is 4.23. The van der Waals surface area contributed by atoms with Crippen molar-refractivity contribution >= 4 is 23.1 Å². The van der Waals surface area contributed by atoms with Gasteiger partial charge in [-0.1, -0.05) is 11.6 Å². The molecule has 0 saturated heterocycles. The Bertz CT molecular complexity index is 644. The van der Waals surface area contributed by atoms with Crippen molar-refractivity contribution in [2.75, 3.05) is 11.9 Å². The van der Waals surface area contributed by atoms with Gasteiger partial charge < -0.3 is 4.90 Å². The molecule has 0 bridgehead atoms. The first-order chi connectivity index (χ1) is 9.02. The van der Waals surface area contributed by atoms with E-state index in [2.05, 4.69) is 16.0 Å². The lowest BCUT2D eigenvalue weighted by Crippen LogP contribution is -2.13. The second kappa shape index (κ2) is 5.25. The Labute approximate surface area is 117 Å². The number of halogens is 1. The fourth-order valence-electron chi connectivity index (χ4n) is 1.66. The molecule has 0 aliphatic rings. The fraction of sp³-hybridized carbons (Fsp3) is 0.214. The minimum atomic E-state index is 0.370. The van der Waals surface area contributed by atoms with Crippen LogP contribution in [0.1, 0.15) is 17.0 Å². The lowest BCUT2D eigenvalue weighted by Gasteiger charge is -2.20. The summed E-state index contributed by atoms with van der Waals surface area (Å²) in [6, 6.07) is 9.31. The molecule has 0 amide bonds. The van der Waals surface area contributed by atoms with E-state index in [9.17, 15) is 0 Å². The largest absolute Gasteiger partial charge is 0.327 e. The number of nitrogens with zero attached hydrogens (tertiary/aromatic N) is 4. The van der Waals surface area contributed by atoms with E-state index in [0.717, 1.165) is 17.1 Å². The molecule has 0 aliphatic carbocycles. The highest BCUT2D eigenvalue weighted by Crippen LogP contribution is 2.28. The zero-order chi connectivity index (χ0) is 14.0. The van der Waals surface area contributed by atoms with E-state index in [1.807, 2.05) is 37.9 Å². The predicted molar refractivity (Wildman–Crippen MR) is 75.7 cm³/mol. The van der Waals surface area contributed by atoms with Gasteiger partial charge in [0.15, 0.2) is 11.0 Å². The minimum Gasteiger partial charge on any atom is -0.327 e. The standard InChI is InChI=1S/C14H13ClN4/c1-9-10(2)18-14(13(15)17-9)19(3)12-6-4-11(8-16)5-7-12/h4-7H,1-3H3. The van der Waals surface area contributed by atoms with Crippen molar-refractivity contribution < 1.29 is 0 Å². The lowest BCUT2D eigenvalue weighted by atomic mass is 10.2. The van der Waals surface area contributed by atoms with Crippen LogP contribution in [0.15, 0.2) is 24.3 Å². The van der Waals surface area contributed by atoms with E-state index in [1.165, 1.54) is 0 Å². The van der Waals surface area contributed by atoms with Crippen LogP contribution < -0.4 is 4.90 Å². The minimum absolute atomic E-state index is 0.370. The van der Waals surface area contributed by atoms with Gasteiger partial charge in [0.2, 0.25) is 0 Å². The average molecular weight is 273 g/mol. The summed E-state index contributed by atoms with van der Waals surface area (Å²) in [5.41, 5.74) is 3.19. The molecule has 0 atom stereocenters. The van der Waals surface area contributed by atoms with Gasteiger partial charge in [0.05, 0.1) is 23.0 Å². The smallest absolute Gasteiger partial charge is 0.172 e. The maximum absolute atomic E-state index is 8.79. The third-order valence-corrected chi connectivity index (χ3v) is 3.20. The number of hydrogen-bond donors (Lipinski definition) is 0. The number of hydrogen-bond acceptors (Lipinski definition) is 4. The summed E-state index contributed by atoms with van der Waals surface area (Å²) in [6.45, 7) is 3.77. The number of nitriles is 1. The number of rotatable bonds is 2. The quantitative estimate of drug-likeness (QED) is 0.841. The van der Waals surface area contributed by atoms with Gasteiger partial charge in [-0.05, 0) is 38.1 Å². The Balaban J connectivity index is 2.41. The van der Waals surface area contributed by atoms with E-state index in [4.69, 9.17) is 16.9 Å². The SMILES string of the molecule is Cc1nc(Cl)c(N(C)c2ccc(C#N)cc2)nc1C. The molecule has 1 heterocycles. The van der Waals surface area contributed by atoms with Crippen LogP contribution in [0.3, 0.4) is 0 Å². The van der Waals surface area contributed by atoms with Crippen LogP contribution in [-0.4, -0.2) is 17.0 Å². The molecule has 1 aromatic carbocycles. The molecule has 0 unspecified atom stereocenters. The second-order valence-corrected chi connectivity index (χ2v) is 4.58. The van der Waals surface area contributed by atoms with Crippen molar-refractivity contribution in [3.05, 3.63) is 46.4 Å². The number of benzene rings is 1. The van der Waals surface area contributed by atoms with Crippen LogP contribution in [0, 0.1) is 25.2 Å². The van der Waals surface area contributed by atoms with Crippen molar-refractivity contribution in [2.45, 2.75) is 13.8 Å². The summed E-state index contributed by atoms with van der Waals surface area (Å²) < 4.78 is 0. The first-order valence-corrected chi connectivity index (χ1v) is 6.15. The number of aromatic nitrogens is 2. The molecule has 0 fully saturated rings. The van der Waals surface area contributed by atoms with Crippen LogP contribution in [-0.2, 0) is 0 Å². The molecule has 0 spiro atoms. The zero-order valence-electron chi connectivity index (χ0n) is 11.0. The molecule has 96 valence electrons. The van der Waals surface area contributed by atoms with E-state index in [-0.39, 0.29) is 0 Å². The predicted octanol–water partition coefficient (Wildman–Crippen LogP) is 3.39. The molecule has 19 heavy (non-hydrogen) atoms. The maximum atomic E-state index is 8.79. The summed E-state index contributed by atoms with van der Waals surface area (Å²) in [5.74, 6) is 0.606. The Kier molecular flexibility index (Phi) is 3.68. The normalized spacial score (nSPS) is 10.1. The van der Waals surface area contributed by atoms with Crippen molar-refractivity contribution in [2.24, 2.45) is 0 Å². The van der Waals surface area contributed by atoms with Gasteiger partial charge in [0.25, 0.3) is 0 Å². The third kappa shape index (κ3) is 2.67. The lowest BCUT2D eigenvalue weighted by molar-refractivity contribution is 1.01. The highest BCUT2D eigenvalue weighted by atomic mass is 35.5. The molecule has 2 aromatic rings. The van der Waals surface area contributed by atoms with Crippen LogP contribution in [0.4, 0.5) is 11.5 Å². The van der Waals surface area contributed by atoms with Crippen LogP contribution >= 0.6 is 11.6 Å². The van der Waals surface area contributed by atoms with Crippen LogP contribution in [0.25, 0.3) is 0 Å². The van der Waals surface area contributed by atoms with Gasteiger partial charge in [0.1, 0.15) is 0 Å². The van der Waals surface area contributed by atoms with Gasteiger partial charge in [0, 0.05) is 12.7 Å². The average Bonchev–Trinajstić information content (AvgIpc) is 2.42. The Morgan fingerprint density at radius 3 is 2.26 bits per heavy atom. The molecular formula is C14H13ClN4. The van der Waals surface area contributed by atoms with Gasteiger partial charge in [-0.2, -0.15) is 5.26 Å². The van der Waals surface area contributed by atoms with Crippen molar-refractivity contribution in [1.82, 2.24) is 9.97 Å². The molecular weight excluding hydrogens is 260 g/mol. The van der Waals surface area contributed by atoms with Crippen molar-refractivity contribution in [3.8, 4) is 6.07 Å². The zero-order valence-corrected chi connectivity index (χ0v) is 11.7. The summed E-state index contributed by atoms with van der Waals surface area (Å²) >= 11 is 6.14. The van der Waals surface area contributed by atoms with E-state index >= 15 is 0 Å². The highest BCUT2D eigenvalue weighted by molar-refractivity contribution is 6.31. The fourth-order valence-corrected chi connectivity index (χ4v) is 1.96. The van der Waals surface area contributed by atoms with E-state index in [1.54, 1.807) is 12.1 Å².